The third-order valence-corrected chi connectivity index (χ3v) is 3.42. The predicted octanol–water partition coefficient (Wildman–Crippen LogP) is 0.915. The summed E-state index contributed by atoms with van der Waals surface area (Å²) in [4.78, 5) is 10.6. The topological polar surface area (TPSA) is 84.6 Å². The number of aryl methyl sites for hydroxylation is 1. The predicted molar refractivity (Wildman–Crippen MR) is 94.5 cm³/mol. The van der Waals surface area contributed by atoms with Gasteiger partial charge in [0.25, 0.3) is 5.69 Å². The van der Waals surface area contributed by atoms with Gasteiger partial charge in [-0.15, -0.1) is 0 Å². The van der Waals surface area contributed by atoms with Gasteiger partial charge in [0, 0.05) is 47.5 Å². The molecule has 6 heteroatoms. The van der Waals surface area contributed by atoms with Crippen LogP contribution in [0.4, 0.5) is 11.4 Å². The molecule has 0 heterocycles. The van der Waals surface area contributed by atoms with E-state index < -0.39 is 6.10 Å². The third kappa shape index (κ3) is 6.36. The molecule has 0 amide bonds. The molecule has 0 fully saturated rings. The summed E-state index contributed by atoms with van der Waals surface area (Å²) >= 11 is 0. The second-order valence-corrected chi connectivity index (χ2v) is 5.60. The van der Waals surface area contributed by atoms with Crippen molar-refractivity contribution in [2.75, 3.05) is 31.6 Å². The molecule has 1 unspecified atom stereocenters. The average Bonchev–Trinajstić information content (AvgIpc) is 2.60. The SMILES string of the molecule is Cc1cccc(OCC(O)CNCCNc2cccc([NH+]=O)c2)c1. The van der Waals surface area contributed by atoms with Crippen LogP contribution in [0.1, 0.15) is 5.56 Å². The zero-order chi connectivity index (χ0) is 17.2. The lowest BCUT2D eigenvalue weighted by atomic mass is 10.2. The molecule has 0 aliphatic heterocycles. The van der Waals surface area contributed by atoms with Gasteiger partial charge >= 0.3 is 0 Å². The van der Waals surface area contributed by atoms with Crippen molar-refractivity contribution in [2.24, 2.45) is 0 Å². The van der Waals surface area contributed by atoms with E-state index in [1.807, 2.05) is 48.5 Å². The minimum absolute atomic E-state index is 0.251. The van der Waals surface area contributed by atoms with E-state index in [2.05, 4.69) is 10.6 Å². The number of ether oxygens (including phenoxy) is 1. The van der Waals surface area contributed by atoms with Gasteiger partial charge in [0.1, 0.15) is 18.5 Å². The molecular formula is C18H24N3O3+. The molecule has 2 aromatic carbocycles. The molecule has 6 nitrogen and oxygen atoms in total. The van der Waals surface area contributed by atoms with E-state index in [1.54, 1.807) is 12.1 Å². The Morgan fingerprint density at radius 2 is 2.00 bits per heavy atom. The Kier molecular flexibility index (Phi) is 7.20. The van der Waals surface area contributed by atoms with Crippen LogP contribution in [0, 0.1) is 11.8 Å². The number of benzene rings is 2. The number of hydrogen-bond donors (Lipinski definition) is 4. The Morgan fingerprint density at radius 1 is 1.17 bits per heavy atom. The van der Waals surface area contributed by atoms with Crippen molar-refractivity contribution in [2.45, 2.75) is 13.0 Å². The van der Waals surface area contributed by atoms with E-state index >= 15 is 0 Å². The van der Waals surface area contributed by atoms with Crippen LogP contribution in [-0.4, -0.2) is 37.5 Å². The van der Waals surface area contributed by atoms with Gasteiger partial charge < -0.3 is 20.5 Å². The van der Waals surface area contributed by atoms with Crippen LogP contribution in [0.5, 0.6) is 5.75 Å². The lowest BCUT2D eigenvalue weighted by Gasteiger charge is -2.14. The number of aliphatic hydroxyl groups excluding tert-OH is 1. The van der Waals surface area contributed by atoms with E-state index in [1.165, 1.54) is 0 Å². The van der Waals surface area contributed by atoms with Crippen molar-refractivity contribution >= 4 is 11.4 Å². The molecule has 0 saturated heterocycles. The Hall–Kier alpha value is -2.44. The highest BCUT2D eigenvalue weighted by atomic mass is 16.5. The van der Waals surface area contributed by atoms with Crippen LogP contribution in [0.25, 0.3) is 0 Å². The van der Waals surface area contributed by atoms with Gasteiger partial charge in [-0.3, -0.25) is 0 Å². The molecule has 4 N–H and O–H groups in total. The monoisotopic (exact) mass is 330 g/mol. The van der Waals surface area contributed by atoms with Crippen LogP contribution in [0.2, 0.25) is 0 Å². The maximum absolute atomic E-state index is 10.6. The highest BCUT2D eigenvalue weighted by molar-refractivity contribution is 5.50. The molecule has 24 heavy (non-hydrogen) atoms. The van der Waals surface area contributed by atoms with Gasteiger partial charge in [-0.05, 0) is 30.7 Å². The molecule has 1 atom stereocenters. The molecular weight excluding hydrogens is 306 g/mol. The summed E-state index contributed by atoms with van der Waals surface area (Å²) in [5.41, 5.74) is 2.53. The zero-order valence-electron chi connectivity index (χ0n) is 13.8. The smallest absolute Gasteiger partial charge is 0.255 e. The molecule has 0 spiro atoms. The summed E-state index contributed by atoms with van der Waals surface area (Å²) in [6.07, 6.45) is -0.571. The van der Waals surface area contributed by atoms with Gasteiger partial charge in [0.2, 0.25) is 0 Å². The summed E-state index contributed by atoms with van der Waals surface area (Å²) in [5, 5.41) is 18.1. The number of anilines is 1. The molecule has 2 aromatic rings. The van der Waals surface area contributed by atoms with Gasteiger partial charge in [-0.2, -0.15) is 0 Å². The summed E-state index contributed by atoms with van der Waals surface area (Å²) < 4.78 is 5.56. The Labute approximate surface area is 141 Å². The molecule has 0 bridgehead atoms. The minimum atomic E-state index is -0.571. The fourth-order valence-electron chi connectivity index (χ4n) is 2.21. The standard InChI is InChI=1S/C18H23N3O3/c1-14-4-2-7-18(10-14)24-13-17(22)12-19-8-9-20-15-5-3-6-16(11-15)21-23/h2-7,10-11,17,19-20,22H,8-9,12-13H2,1H3/p+1. The molecule has 0 aliphatic carbocycles. The van der Waals surface area contributed by atoms with Crippen molar-refractivity contribution in [3.05, 3.63) is 59.0 Å². The van der Waals surface area contributed by atoms with Crippen molar-refractivity contribution < 1.29 is 15.0 Å². The van der Waals surface area contributed by atoms with Crippen LogP contribution < -0.4 is 20.5 Å². The summed E-state index contributed by atoms with van der Waals surface area (Å²) in [6.45, 7) is 4.09. The van der Waals surface area contributed by atoms with Crippen LogP contribution in [0.3, 0.4) is 0 Å². The van der Waals surface area contributed by atoms with Crippen molar-refractivity contribution in [3.8, 4) is 5.75 Å². The summed E-state index contributed by atoms with van der Waals surface area (Å²) in [6, 6.07) is 14.9. The molecule has 0 radical (unpaired) electrons. The first-order valence-electron chi connectivity index (χ1n) is 7.98. The largest absolute Gasteiger partial charge is 0.491 e. The van der Waals surface area contributed by atoms with E-state index in [-0.39, 0.29) is 6.61 Å². The second kappa shape index (κ2) is 9.64. The normalized spacial score (nSPS) is 11.8. The highest BCUT2D eigenvalue weighted by Gasteiger charge is 2.05. The Balaban J connectivity index is 1.59. The van der Waals surface area contributed by atoms with Crippen molar-refractivity contribution in [1.29, 1.82) is 0 Å². The number of rotatable bonds is 10. The van der Waals surface area contributed by atoms with Crippen molar-refractivity contribution in [1.82, 2.24) is 5.32 Å². The molecule has 0 aromatic heterocycles. The van der Waals surface area contributed by atoms with Gasteiger partial charge in [0.15, 0.2) is 0 Å². The fourth-order valence-corrected chi connectivity index (χ4v) is 2.21. The van der Waals surface area contributed by atoms with Gasteiger partial charge in [-0.1, -0.05) is 18.2 Å². The van der Waals surface area contributed by atoms with Crippen LogP contribution in [-0.2, 0) is 0 Å². The highest BCUT2D eigenvalue weighted by Crippen LogP contribution is 2.12. The molecule has 2 rings (SSSR count). The zero-order valence-corrected chi connectivity index (χ0v) is 13.8. The lowest BCUT2D eigenvalue weighted by molar-refractivity contribution is -0.379. The lowest BCUT2D eigenvalue weighted by Crippen LogP contribution is -2.55. The minimum Gasteiger partial charge on any atom is -0.491 e. The number of nitroso groups, excluding NO2 is 1. The maximum Gasteiger partial charge on any atom is 0.255 e. The van der Waals surface area contributed by atoms with E-state index in [0.29, 0.717) is 25.3 Å². The number of nitrogens with one attached hydrogen (secondary N) is 3. The summed E-state index contributed by atoms with van der Waals surface area (Å²) in [5.74, 6) is 0.766. The first-order valence-corrected chi connectivity index (χ1v) is 7.98. The second-order valence-electron chi connectivity index (χ2n) is 5.60. The maximum atomic E-state index is 10.6. The number of hydrogen-bond acceptors (Lipinski definition) is 5. The fraction of sp³-hybridized carbons (Fsp3) is 0.333. The van der Waals surface area contributed by atoms with E-state index in [9.17, 15) is 10.0 Å². The van der Waals surface area contributed by atoms with Crippen LogP contribution in [0.15, 0.2) is 48.5 Å². The van der Waals surface area contributed by atoms with Crippen molar-refractivity contribution in [3.63, 3.8) is 0 Å². The molecule has 0 aliphatic rings. The van der Waals surface area contributed by atoms with Gasteiger partial charge in [0.05, 0.1) is 0 Å². The average molecular weight is 330 g/mol. The first-order chi connectivity index (χ1) is 11.7. The van der Waals surface area contributed by atoms with E-state index in [4.69, 9.17) is 4.74 Å². The summed E-state index contributed by atoms with van der Waals surface area (Å²) in [7, 11) is 0. The van der Waals surface area contributed by atoms with Crippen LogP contribution >= 0.6 is 0 Å². The Morgan fingerprint density at radius 3 is 2.79 bits per heavy atom. The molecule has 0 saturated carbocycles. The third-order valence-electron chi connectivity index (χ3n) is 3.42. The first kappa shape index (κ1) is 17.9. The quantitative estimate of drug-likeness (QED) is 0.487. The molecule has 128 valence electrons. The van der Waals surface area contributed by atoms with Gasteiger partial charge in [-0.25, -0.2) is 0 Å². The Bertz CT molecular complexity index is 649. The van der Waals surface area contributed by atoms with E-state index in [0.717, 1.165) is 17.0 Å². The number of aliphatic hydroxyl groups is 1.